The Balaban J connectivity index is 1.46. The minimum Gasteiger partial charge on any atom is -0.497 e. The molecule has 4 aromatic carbocycles. The highest BCUT2D eigenvalue weighted by molar-refractivity contribution is 7.88. The van der Waals surface area contributed by atoms with Crippen molar-refractivity contribution >= 4 is 15.8 Å². The number of aliphatic hydroxyl groups is 2. The van der Waals surface area contributed by atoms with Crippen LogP contribution in [0.2, 0.25) is 0 Å². The average Bonchev–Trinajstić information content (AvgIpc) is 3.41. The number of ether oxygens (including phenoxy) is 2. The first-order valence-corrected chi connectivity index (χ1v) is 20.7. The van der Waals surface area contributed by atoms with Gasteiger partial charge < -0.3 is 19.7 Å². The molecule has 0 aromatic heterocycles. The summed E-state index contributed by atoms with van der Waals surface area (Å²) in [6.07, 6.45) is 6.65. The molecule has 0 saturated heterocycles. The summed E-state index contributed by atoms with van der Waals surface area (Å²) in [6, 6.07) is 28.7. The van der Waals surface area contributed by atoms with Crippen LogP contribution in [0.25, 0.3) is 11.1 Å². The largest absolute Gasteiger partial charge is 0.497 e. The molecule has 4 unspecified atom stereocenters. The van der Waals surface area contributed by atoms with E-state index >= 15 is 0 Å². The molecule has 2 bridgehead atoms. The van der Waals surface area contributed by atoms with Gasteiger partial charge in [0.2, 0.25) is 10.0 Å². The van der Waals surface area contributed by atoms with Crippen molar-refractivity contribution in [3.05, 3.63) is 130 Å². The lowest BCUT2D eigenvalue weighted by Crippen LogP contribution is -2.53. The van der Waals surface area contributed by atoms with E-state index in [1.54, 1.807) is 25.3 Å². The molecule has 1 fully saturated rings. The standard InChI is InChI=1S/C45H53NO7S/c1-31-12-11-24-44(2)41(23-25-45(44,49)30-46(54(5,50)51)29-34-19-21-36(52-3)28-42(34)53-4)38-22-18-32(26-35(47)20-17-31)27-40(38)43(48)39-16-10-9-15-37(39)33-13-7-6-8-14-33/h6-10,12-16,18-19,21-22,27-28,35,41,47,49H,11,17,20,23-26,29-30H2,1-5H3. The molecule has 1 saturated carbocycles. The van der Waals surface area contributed by atoms with Crippen molar-refractivity contribution in [1.82, 2.24) is 4.31 Å². The Kier molecular flexibility index (Phi) is 11.8. The molecule has 7 rings (SSSR count). The van der Waals surface area contributed by atoms with Crippen LogP contribution in [0.5, 0.6) is 11.5 Å². The van der Waals surface area contributed by atoms with Gasteiger partial charge in [0.1, 0.15) is 11.5 Å². The highest BCUT2D eigenvalue weighted by atomic mass is 32.2. The highest BCUT2D eigenvalue weighted by Gasteiger charge is 2.58. The van der Waals surface area contributed by atoms with Gasteiger partial charge in [-0.25, -0.2) is 8.42 Å². The lowest BCUT2D eigenvalue weighted by Gasteiger charge is -2.45. The van der Waals surface area contributed by atoms with Crippen LogP contribution in [0.3, 0.4) is 0 Å². The molecule has 9 heteroatoms. The van der Waals surface area contributed by atoms with E-state index in [-0.39, 0.29) is 24.8 Å². The number of carbonyl (C=O) groups excluding carboxylic acids is 1. The molecule has 4 aromatic rings. The summed E-state index contributed by atoms with van der Waals surface area (Å²) in [6.45, 7) is 4.02. The summed E-state index contributed by atoms with van der Waals surface area (Å²) in [7, 11) is -0.703. The molecule has 0 aliphatic heterocycles. The zero-order valence-corrected chi connectivity index (χ0v) is 32.9. The van der Waals surface area contributed by atoms with Crippen LogP contribution in [0.4, 0.5) is 0 Å². The number of sulfonamides is 1. The van der Waals surface area contributed by atoms with Crippen LogP contribution in [-0.4, -0.2) is 67.4 Å². The number of benzene rings is 4. The Morgan fingerprint density at radius 3 is 2.37 bits per heavy atom. The molecule has 2 N–H and O–H groups in total. The van der Waals surface area contributed by atoms with Gasteiger partial charge in [0.25, 0.3) is 0 Å². The van der Waals surface area contributed by atoms with E-state index in [1.165, 1.54) is 23.2 Å². The number of methoxy groups -OCH3 is 2. The molecule has 54 heavy (non-hydrogen) atoms. The van der Waals surface area contributed by atoms with Gasteiger partial charge in [0.15, 0.2) is 5.78 Å². The molecule has 4 atom stereocenters. The number of hydrogen-bond donors (Lipinski definition) is 2. The van der Waals surface area contributed by atoms with E-state index in [0.717, 1.165) is 28.7 Å². The second-order valence-electron chi connectivity index (χ2n) is 15.4. The Morgan fingerprint density at radius 1 is 0.907 bits per heavy atom. The topological polar surface area (TPSA) is 113 Å². The van der Waals surface area contributed by atoms with Crippen LogP contribution in [-0.2, 0) is 23.0 Å². The minimum absolute atomic E-state index is 0.00506. The predicted molar refractivity (Wildman–Crippen MR) is 214 cm³/mol. The smallest absolute Gasteiger partial charge is 0.211 e. The van der Waals surface area contributed by atoms with Crippen LogP contribution in [0.1, 0.15) is 90.9 Å². The maximum Gasteiger partial charge on any atom is 0.211 e. The molecule has 8 nitrogen and oxygen atoms in total. The monoisotopic (exact) mass is 751 g/mol. The number of fused-ring (bicyclic) bond motifs is 8. The number of allylic oxidation sites excluding steroid dienone is 2. The van der Waals surface area contributed by atoms with Crippen LogP contribution in [0, 0.1) is 5.41 Å². The Morgan fingerprint density at radius 2 is 1.65 bits per heavy atom. The van der Waals surface area contributed by atoms with E-state index < -0.39 is 27.1 Å². The Labute approximate surface area is 320 Å². The molecular weight excluding hydrogens is 699 g/mol. The van der Waals surface area contributed by atoms with E-state index in [1.807, 2.05) is 72.8 Å². The SMILES string of the molecule is COc1ccc(CN(CC2(O)CCC3c4ccc(cc4C(=O)c4ccccc4-c4ccccc4)CC(O)CCC(C)=CCCC32C)S(C)(=O)=O)c(OC)c1. The van der Waals surface area contributed by atoms with E-state index in [9.17, 15) is 23.4 Å². The lowest BCUT2D eigenvalue weighted by molar-refractivity contribution is -0.0731. The normalized spacial score (nSPS) is 23.4. The van der Waals surface area contributed by atoms with Crippen molar-refractivity contribution in [3.8, 4) is 22.6 Å². The minimum atomic E-state index is -3.80. The van der Waals surface area contributed by atoms with Gasteiger partial charge in [0.05, 0.1) is 32.2 Å². The van der Waals surface area contributed by atoms with Gasteiger partial charge in [0, 0.05) is 41.3 Å². The second-order valence-corrected chi connectivity index (χ2v) is 17.4. The summed E-state index contributed by atoms with van der Waals surface area (Å²) in [4.78, 5) is 14.9. The fraction of sp³-hybridized carbons (Fsp3) is 0.400. The fourth-order valence-electron chi connectivity index (χ4n) is 8.65. The average molecular weight is 752 g/mol. The maximum absolute atomic E-state index is 14.9. The van der Waals surface area contributed by atoms with Gasteiger partial charge >= 0.3 is 0 Å². The van der Waals surface area contributed by atoms with Crippen molar-refractivity contribution < 1.29 is 32.9 Å². The fourth-order valence-corrected chi connectivity index (χ4v) is 9.47. The van der Waals surface area contributed by atoms with Crippen LogP contribution < -0.4 is 9.47 Å². The first-order valence-electron chi connectivity index (χ1n) is 18.8. The van der Waals surface area contributed by atoms with E-state index in [2.05, 4.69) is 19.9 Å². The quantitative estimate of drug-likeness (QED) is 0.124. The highest BCUT2D eigenvalue weighted by Crippen LogP contribution is 2.59. The lowest BCUT2D eigenvalue weighted by atomic mass is 9.64. The second kappa shape index (κ2) is 16.2. The molecule has 0 radical (unpaired) electrons. The zero-order chi connectivity index (χ0) is 38.7. The molecule has 0 spiro atoms. The van der Waals surface area contributed by atoms with E-state index in [4.69, 9.17) is 9.47 Å². The molecule has 3 aliphatic carbocycles. The van der Waals surface area contributed by atoms with Crippen molar-refractivity contribution in [3.63, 3.8) is 0 Å². The molecule has 0 amide bonds. The van der Waals surface area contributed by atoms with Gasteiger partial charge in [-0.1, -0.05) is 91.4 Å². The van der Waals surface area contributed by atoms with Gasteiger partial charge in [-0.2, -0.15) is 4.31 Å². The van der Waals surface area contributed by atoms with Crippen molar-refractivity contribution in [2.24, 2.45) is 5.41 Å². The number of nitrogens with zero attached hydrogens (tertiary/aromatic N) is 1. The Bertz CT molecular complexity index is 2110. The zero-order valence-electron chi connectivity index (χ0n) is 32.0. The third-order valence-corrected chi connectivity index (χ3v) is 13.1. The Hall–Kier alpha value is -4.28. The summed E-state index contributed by atoms with van der Waals surface area (Å²) < 4.78 is 39.4. The van der Waals surface area contributed by atoms with Crippen molar-refractivity contribution in [1.29, 1.82) is 0 Å². The first kappa shape index (κ1) is 39.4. The number of rotatable bonds is 10. The number of aliphatic hydroxyl groups excluding tert-OH is 1. The maximum atomic E-state index is 14.9. The molecular formula is C45H53NO7S. The third kappa shape index (κ3) is 8.20. The number of hydrogen-bond acceptors (Lipinski definition) is 7. The number of ketones is 1. The first-order chi connectivity index (χ1) is 25.8. The molecule has 0 heterocycles. The summed E-state index contributed by atoms with van der Waals surface area (Å²) in [5.74, 6) is 0.698. The van der Waals surface area contributed by atoms with Gasteiger partial charge in [-0.15, -0.1) is 0 Å². The predicted octanol–water partition coefficient (Wildman–Crippen LogP) is 8.10. The summed E-state index contributed by atoms with van der Waals surface area (Å²) >= 11 is 0. The van der Waals surface area contributed by atoms with Crippen molar-refractivity contribution in [2.75, 3.05) is 27.0 Å². The van der Waals surface area contributed by atoms with Gasteiger partial charge in [-0.05, 0) is 92.2 Å². The summed E-state index contributed by atoms with van der Waals surface area (Å²) in [5.41, 5.74) is 4.16. The van der Waals surface area contributed by atoms with Crippen molar-refractivity contribution in [2.45, 2.75) is 83.0 Å². The van der Waals surface area contributed by atoms with Crippen LogP contribution in [0.15, 0.2) is 103 Å². The molecule has 3 aliphatic rings. The third-order valence-electron chi connectivity index (χ3n) is 11.9. The van der Waals surface area contributed by atoms with E-state index in [0.29, 0.717) is 66.7 Å². The number of carbonyl (C=O) groups is 1. The van der Waals surface area contributed by atoms with Gasteiger partial charge in [-0.3, -0.25) is 4.79 Å². The molecule has 286 valence electrons. The van der Waals surface area contributed by atoms with Crippen LogP contribution >= 0.6 is 0 Å². The summed E-state index contributed by atoms with van der Waals surface area (Å²) in [5, 5.41) is 24.0.